The molecule has 1 amide bonds. The number of rotatable bonds is 4. The standard InChI is InChI=1S/C12H14ClN3O2/c1-7(2)11(12(17)16-15)18-10-4-3-8(6-14)5-9(10)13/h3-5,7,11H,15H2,1-2H3,(H,16,17). The van der Waals surface area contributed by atoms with Gasteiger partial charge >= 0.3 is 0 Å². The van der Waals surface area contributed by atoms with Crippen molar-refractivity contribution in [3.8, 4) is 11.8 Å². The Bertz CT molecular complexity index is 483. The zero-order chi connectivity index (χ0) is 13.7. The van der Waals surface area contributed by atoms with Gasteiger partial charge in [0.2, 0.25) is 0 Å². The fraction of sp³-hybridized carbons (Fsp3) is 0.333. The Labute approximate surface area is 110 Å². The minimum absolute atomic E-state index is 0.0692. The number of nitrogens with two attached hydrogens (primary N) is 1. The zero-order valence-corrected chi connectivity index (χ0v) is 10.9. The molecule has 0 aliphatic carbocycles. The van der Waals surface area contributed by atoms with E-state index < -0.39 is 12.0 Å². The largest absolute Gasteiger partial charge is 0.479 e. The quantitative estimate of drug-likeness (QED) is 0.493. The van der Waals surface area contributed by atoms with E-state index >= 15 is 0 Å². The molecule has 3 N–H and O–H groups in total. The van der Waals surface area contributed by atoms with Gasteiger partial charge in [-0.15, -0.1) is 0 Å². The van der Waals surface area contributed by atoms with Crippen LogP contribution in [0.3, 0.4) is 0 Å². The molecule has 0 aromatic heterocycles. The fourth-order valence-corrected chi connectivity index (χ4v) is 1.60. The van der Waals surface area contributed by atoms with Crippen LogP contribution >= 0.6 is 11.6 Å². The molecule has 0 heterocycles. The van der Waals surface area contributed by atoms with Crippen molar-refractivity contribution < 1.29 is 9.53 Å². The molecule has 1 aromatic rings. The maximum Gasteiger partial charge on any atom is 0.275 e. The highest BCUT2D eigenvalue weighted by Gasteiger charge is 2.24. The molecule has 0 saturated carbocycles. The lowest BCUT2D eigenvalue weighted by Crippen LogP contribution is -2.44. The minimum Gasteiger partial charge on any atom is -0.479 e. The number of nitrogens with one attached hydrogen (secondary N) is 1. The monoisotopic (exact) mass is 267 g/mol. The molecule has 0 spiro atoms. The van der Waals surface area contributed by atoms with Crippen LogP contribution in [0.1, 0.15) is 19.4 Å². The lowest BCUT2D eigenvalue weighted by atomic mass is 10.1. The number of ether oxygens (including phenoxy) is 1. The molecule has 0 fully saturated rings. The molecule has 1 rings (SSSR count). The smallest absolute Gasteiger partial charge is 0.275 e. The summed E-state index contributed by atoms with van der Waals surface area (Å²) in [4.78, 5) is 11.5. The lowest BCUT2D eigenvalue weighted by Gasteiger charge is -2.21. The van der Waals surface area contributed by atoms with Gasteiger partial charge in [0, 0.05) is 0 Å². The average Bonchev–Trinajstić information content (AvgIpc) is 2.35. The third-order valence-corrected chi connectivity index (χ3v) is 2.62. The third kappa shape index (κ3) is 3.36. The number of halogens is 1. The van der Waals surface area contributed by atoms with Gasteiger partial charge in [-0.25, -0.2) is 5.84 Å². The van der Waals surface area contributed by atoms with Crippen molar-refractivity contribution in [2.45, 2.75) is 20.0 Å². The van der Waals surface area contributed by atoms with E-state index in [2.05, 4.69) is 0 Å². The summed E-state index contributed by atoms with van der Waals surface area (Å²) in [5, 5.41) is 9.00. The summed E-state index contributed by atoms with van der Waals surface area (Å²) >= 11 is 5.97. The molecule has 5 nitrogen and oxygen atoms in total. The summed E-state index contributed by atoms with van der Waals surface area (Å²) in [6, 6.07) is 6.57. The van der Waals surface area contributed by atoms with Crippen molar-refractivity contribution in [1.82, 2.24) is 5.43 Å². The molecule has 1 unspecified atom stereocenters. The van der Waals surface area contributed by atoms with Gasteiger partial charge in [0.1, 0.15) is 5.75 Å². The van der Waals surface area contributed by atoms with Crippen molar-refractivity contribution in [2.24, 2.45) is 11.8 Å². The van der Waals surface area contributed by atoms with Crippen molar-refractivity contribution in [3.63, 3.8) is 0 Å². The predicted molar refractivity (Wildman–Crippen MR) is 67.8 cm³/mol. The number of carbonyl (C=O) groups is 1. The van der Waals surface area contributed by atoms with E-state index in [0.717, 1.165) is 0 Å². The number of amides is 1. The summed E-state index contributed by atoms with van der Waals surface area (Å²) in [6.45, 7) is 3.66. The van der Waals surface area contributed by atoms with E-state index in [1.165, 1.54) is 6.07 Å². The number of hydrogen-bond donors (Lipinski definition) is 2. The van der Waals surface area contributed by atoms with Crippen LogP contribution in [0.5, 0.6) is 5.75 Å². The van der Waals surface area contributed by atoms with Crippen LogP contribution in [0.15, 0.2) is 18.2 Å². The highest BCUT2D eigenvalue weighted by Crippen LogP contribution is 2.27. The van der Waals surface area contributed by atoms with Crippen molar-refractivity contribution in [2.75, 3.05) is 0 Å². The Balaban J connectivity index is 2.95. The maximum absolute atomic E-state index is 11.5. The molecule has 0 aliphatic heterocycles. The first-order valence-electron chi connectivity index (χ1n) is 5.36. The molecule has 0 aliphatic rings. The molecular formula is C12H14ClN3O2. The van der Waals surface area contributed by atoms with E-state index in [9.17, 15) is 4.79 Å². The fourth-order valence-electron chi connectivity index (χ4n) is 1.38. The topological polar surface area (TPSA) is 88.1 Å². The van der Waals surface area contributed by atoms with Crippen LogP contribution in [0.25, 0.3) is 0 Å². The molecule has 18 heavy (non-hydrogen) atoms. The van der Waals surface area contributed by atoms with E-state index in [1.807, 2.05) is 25.3 Å². The van der Waals surface area contributed by atoms with E-state index in [-0.39, 0.29) is 10.9 Å². The molecule has 0 bridgehead atoms. The second kappa shape index (κ2) is 6.24. The molecule has 6 heteroatoms. The van der Waals surface area contributed by atoms with Crippen LogP contribution in [0.4, 0.5) is 0 Å². The van der Waals surface area contributed by atoms with Gasteiger partial charge in [-0.3, -0.25) is 10.2 Å². The normalized spacial score (nSPS) is 11.8. The molecule has 0 radical (unpaired) electrons. The van der Waals surface area contributed by atoms with Gasteiger partial charge in [-0.1, -0.05) is 25.4 Å². The van der Waals surface area contributed by atoms with Gasteiger partial charge < -0.3 is 4.74 Å². The van der Waals surface area contributed by atoms with E-state index in [1.54, 1.807) is 12.1 Å². The van der Waals surface area contributed by atoms with E-state index in [4.69, 9.17) is 27.4 Å². The Morgan fingerprint density at radius 2 is 2.22 bits per heavy atom. The number of hydrazine groups is 1. The Kier molecular flexibility index (Phi) is 4.95. The third-order valence-electron chi connectivity index (χ3n) is 2.32. The highest BCUT2D eigenvalue weighted by molar-refractivity contribution is 6.32. The first-order chi connectivity index (χ1) is 8.49. The second-order valence-electron chi connectivity index (χ2n) is 4.05. The molecular weight excluding hydrogens is 254 g/mol. The number of nitriles is 1. The summed E-state index contributed by atoms with van der Waals surface area (Å²) in [5.74, 6) is 4.94. The van der Waals surface area contributed by atoms with Gasteiger partial charge in [0.05, 0.1) is 16.7 Å². The maximum atomic E-state index is 11.5. The SMILES string of the molecule is CC(C)C(Oc1ccc(C#N)cc1Cl)C(=O)NN. The predicted octanol–water partition coefficient (Wildman–Crippen LogP) is 1.60. The van der Waals surface area contributed by atoms with Crippen molar-refractivity contribution in [1.29, 1.82) is 5.26 Å². The van der Waals surface area contributed by atoms with Crippen molar-refractivity contribution >= 4 is 17.5 Å². The second-order valence-corrected chi connectivity index (χ2v) is 4.46. The van der Waals surface area contributed by atoms with Gasteiger partial charge in [-0.05, 0) is 24.1 Å². The highest BCUT2D eigenvalue weighted by atomic mass is 35.5. The average molecular weight is 268 g/mol. The van der Waals surface area contributed by atoms with Crippen LogP contribution in [0, 0.1) is 17.2 Å². The van der Waals surface area contributed by atoms with Crippen LogP contribution in [-0.2, 0) is 4.79 Å². The first kappa shape index (κ1) is 14.3. The Morgan fingerprint density at radius 3 is 2.67 bits per heavy atom. The zero-order valence-electron chi connectivity index (χ0n) is 10.1. The Morgan fingerprint density at radius 1 is 1.56 bits per heavy atom. The minimum atomic E-state index is -0.736. The van der Waals surface area contributed by atoms with Crippen LogP contribution in [0.2, 0.25) is 5.02 Å². The molecule has 1 atom stereocenters. The summed E-state index contributed by atoms with van der Waals surface area (Å²) < 4.78 is 5.53. The van der Waals surface area contributed by atoms with Crippen LogP contribution < -0.4 is 16.0 Å². The summed E-state index contributed by atoms with van der Waals surface area (Å²) in [6.07, 6.45) is -0.736. The number of nitrogens with zero attached hydrogens (tertiary/aromatic N) is 1. The number of benzene rings is 1. The summed E-state index contributed by atoms with van der Waals surface area (Å²) in [7, 11) is 0. The molecule has 0 saturated heterocycles. The van der Waals surface area contributed by atoms with E-state index in [0.29, 0.717) is 11.3 Å². The Hall–Kier alpha value is -1.77. The number of hydrogen-bond acceptors (Lipinski definition) is 4. The van der Waals surface area contributed by atoms with Crippen LogP contribution in [-0.4, -0.2) is 12.0 Å². The molecule has 96 valence electrons. The number of carbonyl (C=O) groups excluding carboxylic acids is 1. The first-order valence-corrected chi connectivity index (χ1v) is 5.74. The van der Waals surface area contributed by atoms with Gasteiger partial charge in [0.25, 0.3) is 5.91 Å². The summed E-state index contributed by atoms with van der Waals surface area (Å²) in [5.41, 5.74) is 2.48. The van der Waals surface area contributed by atoms with Crippen molar-refractivity contribution in [3.05, 3.63) is 28.8 Å². The lowest BCUT2D eigenvalue weighted by molar-refractivity contribution is -0.129. The van der Waals surface area contributed by atoms with Gasteiger partial charge in [0.15, 0.2) is 6.10 Å². The molecule has 1 aromatic carbocycles. The van der Waals surface area contributed by atoms with Gasteiger partial charge in [-0.2, -0.15) is 5.26 Å².